The molecule has 35 heavy (non-hydrogen) atoms. The van der Waals surface area contributed by atoms with Gasteiger partial charge in [0.1, 0.15) is 0 Å². The molecule has 0 spiro atoms. The Bertz CT molecular complexity index is 1390. The van der Waals surface area contributed by atoms with Crippen molar-refractivity contribution in [2.45, 2.75) is 11.3 Å². The zero-order valence-corrected chi connectivity index (χ0v) is 21.0. The molecular weight excluding hydrogens is 532 g/mol. The number of carbonyl (C=O) groups excluding carboxylic acids is 3. The van der Waals surface area contributed by atoms with Gasteiger partial charge in [-0.2, -0.15) is 0 Å². The number of halogens is 1. The number of nitrogens with one attached hydrogen (secondary N) is 2. The minimum absolute atomic E-state index is 0.0102. The first-order valence-corrected chi connectivity index (χ1v) is 13.6. The third kappa shape index (κ3) is 6.28. The van der Waals surface area contributed by atoms with E-state index in [1.165, 1.54) is 30.5 Å². The molecule has 3 amide bonds. The number of benzene rings is 2. The fourth-order valence-electron chi connectivity index (χ4n) is 3.01. The van der Waals surface area contributed by atoms with Crippen molar-refractivity contribution in [3.63, 3.8) is 0 Å². The molecule has 1 aliphatic heterocycles. The Morgan fingerprint density at radius 3 is 2.46 bits per heavy atom. The standard InChI is InChI=1S/C22H17ClN4O5S3/c23-15-3-1-14(2-4-15)13-18-20(29)27(22(30)34-18)11-9-19(28)25-16-5-7-17(8-6-16)35(31,32)26-21-24-10-12-33-21/h1-8,10,12-13H,9,11H2,(H,24,26)(H,25,28)/b18-13+. The van der Waals surface area contributed by atoms with E-state index in [9.17, 15) is 22.8 Å². The van der Waals surface area contributed by atoms with Crippen LogP contribution in [0.2, 0.25) is 5.02 Å². The van der Waals surface area contributed by atoms with Gasteiger partial charge in [-0.15, -0.1) is 11.3 Å². The molecule has 0 aliphatic carbocycles. The van der Waals surface area contributed by atoms with Crippen molar-refractivity contribution in [2.24, 2.45) is 0 Å². The first kappa shape index (κ1) is 24.9. The lowest BCUT2D eigenvalue weighted by Crippen LogP contribution is -2.31. The van der Waals surface area contributed by atoms with Gasteiger partial charge in [-0.3, -0.25) is 24.0 Å². The summed E-state index contributed by atoms with van der Waals surface area (Å²) in [6.07, 6.45) is 2.97. The third-order valence-electron chi connectivity index (χ3n) is 4.71. The molecule has 2 heterocycles. The molecule has 1 saturated heterocycles. The summed E-state index contributed by atoms with van der Waals surface area (Å²) in [6, 6.07) is 12.4. The number of carbonyl (C=O) groups is 3. The number of aromatic nitrogens is 1. The van der Waals surface area contributed by atoms with E-state index in [4.69, 9.17) is 11.6 Å². The maximum atomic E-state index is 12.6. The Balaban J connectivity index is 1.32. The highest BCUT2D eigenvalue weighted by molar-refractivity contribution is 8.18. The van der Waals surface area contributed by atoms with Gasteiger partial charge in [0.05, 0.1) is 9.80 Å². The van der Waals surface area contributed by atoms with Crippen LogP contribution in [0.25, 0.3) is 6.08 Å². The van der Waals surface area contributed by atoms with Gasteiger partial charge >= 0.3 is 0 Å². The van der Waals surface area contributed by atoms with Crippen LogP contribution in [0.1, 0.15) is 12.0 Å². The lowest BCUT2D eigenvalue weighted by Gasteiger charge is -2.12. The molecule has 2 N–H and O–H groups in total. The van der Waals surface area contributed by atoms with Gasteiger partial charge in [0.15, 0.2) is 5.13 Å². The number of thiazole rings is 1. The van der Waals surface area contributed by atoms with E-state index in [1.54, 1.807) is 35.7 Å². The second kappa shape index (κ2) is 10.6. The van der Waals surface area contributed by atoms with E-state index < -0.39 is 27.1 Å². The van der Waals surface area contributed by atoms with E-state index in [0.29, 0.717) is 10.7 Å². The zero-order chi connectivity index (χ0) is 25.0. The average molecular weight is 549 g/mol. The molecule has 1 aromatic heterocycles. The summed E-state index contributed by atoms with van der Waals surface area (Å²) in [4.78, 5) is 42.4. The van der Waals surface area contributed by atoms with Crippen molar-refractivity contribution >= 4 is 78.7 Å². The topological polar surface area (TPSA) is 126 Å². The Labute approximate surface area is 214 Å². The van der Waals surface area contributed by atoms with Crippen LogP contribution >= 0.6 is 34.7 Å². The van der Waals surface area contributed by atoms with Crippen molar-refractivity contribution in [1.82, 2.24) is 9.88 Å². The van der Waals surface area contributed by atoms with Crippen LogP contribution in [0.5, 0.6) is 0 Å². The summed E-state index contributed by atoms with van der Waals surface area (Å²) in [5, 5.41) is 4.63. The number of thioether (sulfide) groups is 1. The highest BCUT2D eigenvalue weighted by atomic mass is 35.5. The Kier molecular flexibility index (Phi) is 7.55. The fourth-order valence-corrected chi connectivity index (χ4v) is 5.78. The van der Waals surface area contributed by atoms with Crippen molar-refractivity contribution in [3.05, 3.63) is 75.6 Å². The van der Waals surface area contributed by atoms with Crippen molar-refractivity contribution in [2.75, 3.05) is 16.6 Å². The van der Waals surface area contributed by atoms with Gasteiger partial charge in [0.2, 0.25) is 5.91 Å². The van der Waals surface area contributed by atoms with E-state index >= 15 is 0 Å². The lowest BCUT2D eigenvalue weighted by molar-refractivity contribution is -0.123. The van der Waals surface area contributed by atoms with Gasteiger partial charge in [-0.25, -0.2) is 13.4 Å². The first-order valence-electron chi connectivity index (χ1n) is 10.0. The summed E-state index contributed by atoms with van der Waals surface area (Å²) in [6.45, 7) is -0.0847. The molecule has 1 aliphatic rings. The third-order valence-corrected chi connectivity index (χ3v) is 8.04. The number of nitrogens with zero attached hydrogens (tertiary/aromatic N) is 2. The molecule has 0 unspecified atom stereocenters. The van der Waals surface area contributed by atoms with E-state index in [1.807, 2.05) is 0 Å². The number of anilines is 2. The smallest absolute Gasteiger partial charge is 0.293 e. The largest absolute Gasteiger partial charge is 0.326 e. The quantitative estimate of drug-likeness (QED) is 0.392. The summed E-state index contributed by atoms with van der Waals surface area (Å²) >= 11 is 7.82. The number of sulfonamides is 1. The monoisotopic (exact) mass is 548 g/mol. The van der Waals surface area contributed by atoms with Crippen molar-refractivity contribution in [3.8, 4) is 0 Å². The normalized spacial score (nSPS) is 15.0. The van der Waals surface area contributed by atoms with Crippen molar-refractivity contribution in [1.29, 1.82) is 0 Å². The summed E-state index contributed by atoms with van der Waals surface area (Å²) in [5.41, 5.74) is 1.10. The van der Waals surface area contributed by atoms with Gasteiger partial charge in [-0.1, -0.05) is 23.7 Å². The molecule has 4 rings (SSSR count). The predicted octanol–water partition coefficient (Wildman–Crippen LogP) is 4.66. The molecule has 13 heteroatoms. The van der Waals surface area contributed by atoms with E-state index in [0.717, 1.165) is 33.6 Å². The van der Waals surface area contributed by atoms with Gasteiger partial charge < -0.3 is 5.32 Å². The number of hydrogen-bond acceptors (Lipinski definition) is 8. The Morgan fingerprint density at radius 2 is 1.80 bits per heavy atom. The fraction of sp³-hybridized carbons (Fsp3) is 0.0909. The molecule has 0 saturated carbocycles. The molecule has 1 fully saturated rings. The Hall–Kier alpha value is -3.19. The molecule has 180 valence electrons. The average Bonchev–Trinajstić information content (AvgIpc) is 3.41. The predicted molar refractivity (Wildman–Crippen MR) is 137 cm³/mol. The second-order valence-corrected chi connectivity index (χ2v) is 11.2. The van der Waals surface area contributed by atoms with Crippen LogP contribution in [0.15, 0.2) is 69.9 Å². The summed E-state index contributed by atoms with van der Waals surface area (Å²) in [7, 11) is -3.80. The number of imide groups is 1. The SMILES string of the molecule is O=C(CCN1C(=O)S/C(=C/c2ccc(Cl)cc2)C1=O)Nc1ccc(S(=O)(=O)Nc2nccs2)cc1. The molecule has 0 atom stereocenters. The van der Waals surface area contributed by atoms with Crippen LogP contribution < -0.4 is 10.0 Å². The minimum atomic E-state index is -3.80. The number of hydrogen-bond donors (Lipinski definition) is 2. The minimum Gasteiger partial charge on any atom is -0.326 e. The lowest BCUT2D eigenvalue weighted by atomic mass is 10.2. The van der Waals surface area contributed by atoms with Crippen LogP contribution in [0.3, 0.4) is 0 Å². The summed E-state index contributed by atoms with van der Waals surface area (Å²) in [5.74, 6) is -0.896. The van der Waals surface area contributed by atoms with Crippen molar-refractivity contribution < 1.29 is 22.8 Å². The maximum absolute atomic E-state index is 12.6. The highest BCUT2D eigenvalue weighted by Crippen LogP contribution is 2.32. The molecule has 2 aromatic carbocycles. The number of amides is 3. The van der Waals surface area contributed by atoms with E-state index in [2.05, 4.69) is 15.0 Å². The van der Waals surface area contributed by atoms with Crippen LogP contribution in [0.4, 0.5) is 15.6 Å². The Morgan fingerprint density at radius 1 is 1.09 bits per heavy atom. The van der Waals surface area contributed by atoms with Crippen LogP contribution in [-0.4, -0.2) is 41.9 Å². The molecule has 0 radical (unpaired) electrons. The maximum Gasteiger partial charge on any atom is 0.293 e. The first-order chi connectivity index (χ1) is 16.7. The van der Waals surface area contributed by atoms with Gasteiger partial charge in [-0.05, 0) is 59.8 Å². The molecule has 0 bridgehead atoms. The van der Waals surface area contributed by atoms with Crippen LogP contribution in [0, 0.1) is 0 Å². The molecule has 3 aromatic rings. The second-order valence-electron chi connectivity index (χ2n) is 7.15. The number of rotatable bonds is 8. The zero-order valence-electron chi connectivity index (χ0n) is 17.8. The van der Waals surface area contributed by atoms with E-state index in [-0.39, 0.29) is 27.9 Å². The highest BCUT2D eigenvalue weighted by Gasteiger charge is 2.35. The van der Waals surface area contributed by atoms with Gasteiger partial charge in [0, 0.05) is 35.3 Å². The van der Waals surface area contributed by atoms with Gasteiger partial charge in [0.25, 0.3) is 21.2 Å². The van der Waals surface area contributed by atoms with Crippen LogP contribution in [-0.2, 0) is 19.6 Å². The summed E-state index contributed by atoms with van der Waals surface area (Å²) < 4.78 is 27.1. The molecule has 9 nitrogen and oxygen atoms in total. The molecular formula is C22H17ClN4O5S3.